The van der Waals surface area contributed by atoms with E-state index < -0.39 is 15.2 Å². The van der Waals surface area contributed by atoms with E-state index in [-0.39, 0.29) is 33.4 Å². The SMILES string of the molecule is CCCCCP(=O)([O-])[O-].CCCCCP(=O)([O-])[O-].[Mo+4]. The predicted molar refractivity (Wildman–Crippen MR) is 64.0 cm³/mol. The molecular formula is C10H22MoO6P2. The van der Waals surface area contributed by atoms with Gasteiger partial charge in [-0.05, 0) is 25.2 Å². The Morgan fingerprint density at radius 1 is 0.684 bits per heavy atom. The largest absolute Gasteiger partial charge is 4.00 e. The van der Waals surface area contributed by atoms with Gasteiger partial charge in [0.25, 0.3) is 0 Å². The molecule has 0 N–H and O–H groups in total. The Bertz CT molecular complexity index is 247. The van der Waals surface area contributed by atoms with Gasteiger partial charge in [-0.2, -0.15) is 0 Å². The molecule has 0 atom stereocenters. The minimum Gasteiger partial charge on any atom is -0.811 e. The standard InChI is InChI=1S/2C5H13O3P.Mo/c2*1-2-3-4-5-9(6,7)8;/h2*2-5H2,1H3,(H2,6,7,8);/q;;+4/p-4. The van der Waals surface area contributed by atoms with E-state index in [4.69, 9.17) is 0 Å². The van der Waals surface area contributed by atoms with Gasteiger partial charge in [-0.25, -0.2) is 0 Å². The van der Waals surface area contributed by atoms with Crippen molar-refractivity contribution in [2.24, 2.45) is 0 Å². The molecule has 0 unspecified atom stereocenters. The fraction of sp³-hybridized carbons (Fsp3) is 1.00. The number of hydrogen-bond donors (Lipinski definition) is 0. The fourth-order valence-electron chi connectivity index (χ4n) is 1.11. The summed E-state index contributed by atoms with van der Waals surface area (Å²) >= 11 is 0. The summed E-state index contributed by atoms with van der Waals surface area (Å²) in [6.07, 6.45) is 4.21. The maximum atomic E-state index is 9.98. The van der Waals surface area contributed by atoms with Crippen LogP contribution in [0.15, 0.2) is 0 Å². The van der Waals surface area contributed by atoms with Gasteiger partial charge in [0.05, 0.1) is 0 Å². The number of rotatable bonds is 8. The molecule has 19 heavy (non-hydrogen) atoms. The molecule has 0 aromatic carbocycles. The van der Waals surface area contributed by atoms with Gasteiger partial charge in [-0.1, -0.05) is 54.7 Å². The summed E-state index contributed by atoms with van der Waals surface area (Å²) < 4.78 is 20.0. The molecule has 0 fully saturated rings. The van der Waals surface area contributed by atoms with E-state index in [1.165, 1.54) is 0 Å². The Hall–Kier alpha value is 0.988. The van der Waals surface area contributed by atoms with Gasteiger partial charge in [0.15, 0.2) is 0 Å². The Morgan fingerprint density at radius 3 is 1.11 bits per heavy atom. The Balaban J connectivity index is -0.000000256. The first-order valence-electron chi connectivity index (χ1n) is 6.14. The van der Waals surface area contributed by atoms with Gasteiger partial charge in [-0.15, -0.1) is 0 Å². The molecule has 0 saturated carbocycles. The van der Waals surface area contributed by atoms with Crippen molar-refractivity contribution in [2.75, 3.05) is 12.3 Å². The molecular weight excluding hydrogens is 374 g/mol. The first-order valence-corrected chi connectivity index (χ1v) is 9.60. The van der Waals surface area contributed by atoms with E-state index in [1.807, 2.05) is 13.8 Å². The summed E-state index contributed by atoms with van der Waals surface area (Å²) in [7, 11) is -8.39. The maximum Gasteiger partial charge on any atom is 4.00 e. The van der Waals surface area contributed by atoms with E-state index in [1.54, 1.807) is 0 Å². The van der Waals surface area contributed by atoms with Crippen LogP contribution in [0.3, 0.4) is 0 Å². The zero-order valence-electron chi connectivity index (χ0n) is 11.4. The Labute approximate surface area is 130 Å². The van der Waals surface area contributed by atoms with Gasteiger partial charge in [0.1, 0.15) is 0 Å². The second kappa shape index (κ2) is 13.9. The first-order chi connectivity index (χ1) is 8.12. The summed E-state index contributed by atoms with van der Waals surface area (Å²) in [4.78, 5) is 39.9. The maximum absolute atomic E-state index is 9.98. The third-order valence-electron chi connectivity index (χ3n) is 2.07. The second-order valence-corrected chi connectivity index (χ2v) is 7.42. The molecule has 0 aliphatic rings. The van der Waals surface area contributed by atoms with Gasteiger partial charge in [-0.3, -0.25) is 0 Å². The third-order valence-corrected chi connectivity index (χ3v) is 3.80. The van der Waals surface area contributed by atoms with Crippen LogP contribution in [0, 0.1) is 0 Å². The smallest absolute Gasteiger partial charge is 0.811 e. The second-order valence-electron chi connectivity index (χ2n) is 4.08. The quantitative estimate of drug-likeness (QED) is 0.327. The van der Waals surface area contributed by atoms with Crippen LogP contribution in [0.25, 0.3) is 0 Å². The summed E-state index contributed by atoms with van der Waals surface area (Å²) in [5.74, 6) is 0. The van der Waals surface area contributed by atoms with E-state index in [2.05, 4.69) is 0 Å². The average molecular weight is 396 g/mol. The fourth-order valence-corrected chi connectivity index (χ4v) is 2.33. The molecule has 0 aromatic rings. The number of unbranched alkanes of at least 4 members (excludes halogenated alkanes) is 4. The monoisotopic (exact) mass is 398 g/mol. The van der Waals surface area contributed by atoms with Crippen molar-refractivity contribution in [1.29, 1.82) is 0 Å². The zero-order valence-corrected chi connectivity index (χ0v) is 15.2. The van der Waals surface area contributed by atoms with Gasteiger partial charge in [0.2, 0.25) is 0 Å². The molecule has 0 radical (unpaired) electrons. The molecule has 0 aliphatic heterocycles. The van der Waals surface area contributed by atoms with Crippen molar-refractivity contribution in [1.82, 2.24) is 0 Å². The molecule has 0 aliphatic carbocycles. The van der Waals surface area contributed by atoms with Crippen LogP contribution in [0.2, 0.25) is 0 Å². The van der Waals surface area contributed by atoms with Crippen molar-refractivity contribution < 1.29 is 49.8 Å². The topological polar surface area (TPSA) is 126 Å². The third kappa shape index (κ3) is 32.5. The summed E-state index contributed by atoms with van der Waals surface area (Å²) in [6.45, 7) is 3.92. The van der Waals surface area contributed by atoms with Gasteiger partial charge >= 0.3 is 21.1 Å². The summed E-state index contributed by atoms with van der Waals surface area (Å²) in [5, 5.41) is 0. The zero-order chi connectivity index (χ0) is 14.7. The van der Waals surface area contributed by atoms with Crippen LogP contribution in [0.4, 0.5) is 0 Å². The van der Waals surface area contributed by atoms with Crippen LogP contribution < -0.4 is 19.6 Å². The minimum atomic E-state index is -4.20. The van der Waals surface area contributed by atoms with Crippen LogP contribution in [0.5, 0.6) is 0 Å². The van der Waals surface area contributed by atoms with E-state index >= 15 is 0 Å². The van der Waals surface area contributed by atoms with Crippen molar-refractivity contribution >= 4 is 15.2 Å². The van der Waals surface area contributed by atoms with E-state index in [0.717, 1.165) is 25.7 Å². The van der Waals surface area contributed by atoms with E-state index in [9.17, 15) is 28.7 Å². The molecule has 0 spiro atoms. The molecule has 0 saturated heterocycles. The van der Waals surface area contributed by atoms with Crippen LogP contribution >= 0.6 is 15.2 Å². The van der Waals surface area contributed by atoms with Crippen molar-refractivity contribution in [3.8, 4) is 0 Å². The molecule has 0 rings (SSSR count). The molecule has 0 bridgehead atoms. The minimum absolute atomic E-state index is 0. The van der Waals surface area contributed by atoms with Gasteiger partial charge in [0, 0.05) is 0 Å². The first kappa shape index (κ1) is 25.0. The summed E-state index contributed by atoms with van der Waals surface area (Å²) in [5.41, 5.74) is 0. The Kier molecular flexibility index (Phi) is 18.3. The molecule has 114 valence electrons. The van der Waals surface area contributed by atoms with Crippen LogP contribution in [-0.2, 0) is 30.2 Å². The molecule has 0 heterocycles. The number of hydrogen-bond acceptors (Lipinski definition) is 6. The Morgan fingerprint density at radius 2 is 0.947 bits per heavy atom. The van der Waals surface area contributed by atoms with Gasteiger partial charge < -0.3 is 28.7 Å². The predicted octanol–water partition coefficient (Wildman–Crippen LogP) is 0.178. The van der Waals surface area contributed by atoms with Crippen molar-refractivity contribution in [2.45, 2.75) is 52.4 Å². The average Bonchev–Trinajstić information content (AvgIpc) is 2.16. The van der Waals surface area contributed by atoms with Crippen molar-refractivity contribution in [3.63, 3.8) is 0 Å². The van der Waals surface area contributed by atoms with E-state index in [0.29, 0.717) is 12.8 Å². The molecule has 9 heteroatoms. The summed E-state index contributed by atoms with van der Waals surface area (Å²) in [6, 6.07) is 0. The molecule has 0 aromatic heterocycles. The van der Waals surface area contributed by atoms with Crippen molar-refractivity contribution in [3.05, 3.63) is 0 Å². The molecule has 6 nitrogen and oxygen atoms in total. The van der Waals surface area contributed by atoms with Crippen LogP contribution in [0.1, 0.15) is 52.4 Å². The van der Waals surface area contributed by atoms with Crippen LogP contribution in [-0.4, -0.2) is 12.3 Å². The molecule has 0 amide bonds. The normalized spacial score (nSPS) is 11.3.